The van der Waals surface area contributed by atoms with E-state index in [1.165, 1.54) is 25.0 Å². The van der Waals surface area contributed by atoms with Crippen molar-refractivity contribution < 1.29 is 9.13 Å². The van der Waals surface area contributed by atoms with Crippen molar-refractivity contribution in [2.75, 3.05) is 24.5 Å². The van der Waals surface area contributed by atoms with Gasteiger partial charge in [-0.05, 0) is 31.0 Å². The quantitative estimate of drug-likeness (QED) is 0.940. The summed E-state index contributed by atoms with van der Waals surface area (Å²) < 4.78 is 19.9. The van der Waals surface area contributed by atoms with Gasteiger partial charge in [-0.2, -0.15) is 10.2 Å². The van der Waals surface area contributed by atoms with Crippen molar-refractivity contribution in [2.24, 2.45) is 5.73 Å². The van der Waals surface area contributed by atoms with Crippen molar-refractivity contribution in [3.8, 4) is 17.0 Å². The number of rotatable bonds is 3. The van der Waals surface area contributed by atoms with Crippen LogP contribution in [0, 0.1) is 5.82 Å². The van der Waals surface area contributed by atoms with Gasteiger partial charge in [-0.1, -0.05) is 0 Å². The molecule has 0 saturated carbocycles. The highest BCUT2D eigenvalue weighted by atomic mass is 19.1. The molecule has 3 heterocycles. The van der Waals surface area contributed by atoms with Crippen molar-refractivity contribution in [1.82, 2.24) is 10.2 Å². The smallest absolute Gasteiger partial charge is 0.132 e. The van der Waals surface area contributed by atoms with Crippen LogP contribution in [0.15, 0.2) is 24.4 Å². The molecular weight excluding hydrogens is 295 g/mol. The molecule has 1 saturated heterocycles. The number of hydrogen-bond acceptors (Lipinski definition) is 5. The molecule has 4 rings (SSSR count). The maximum absolute atomic E-state index is 14.0. The Balaban J connectivity index is 1.75. The molecule has 0 spiro atoms. The van der Waals surface area contributed by atoms with E-state index in [1.54, 1.807) is 6.20 Å². The average Bonchev–Trinajstić information content (AvgIpc) is 3.23. The van der Waals surface area contributed by atoms with E-state index in [9.17, 15) is 4.39 Å². The van der Waals surface area contributed by atoms with Crippen molar-refractivity contribution in [3.05, 3.63) is 35.8 Å². The molecule has 1 unspecified atom stereocenters. The molecule has 2 aliphatic heterocycles. The van der Waals surface area contributed by atoms with Gasteiger partial charge in [0.1, 0.15) is 17.7 Å². The van der Waals surface area contributed by atoms with Crippen LogP contribution < -0.4 is 15.4 Å². The highest BCUT2D eigenvalue weighted by Crippen LogP contribution is 2.39. The van der Waals surface area contributed by atoms with Crippen LogP contribution >= 0.6 is 0 Å². The maximum atomic E-state index is 14.0. The minimum absolute atomic E-state index is 0.0970. The number of ether oxygens (including phenoxy) is 1. The summed E-state index contributed by atoms with van der Waals surface area (Å²) in [6, 6.07) is 4.95. The minimum atomic E-state index is -0.284. The number of aromatic nitrogens is 2. The first-order chi connectivity index (χ1) is 11.2. The summed E-state index contributed by atoms with van der Waals surface area (Å²) in [6.07, 6.45) is 4.68. The molecule has 1 aromatic carbocycles. The fraction of sp³-hybridized carbons (Fsp3) is 0.412. The molecule has 5 nitrogen and oxygen atoms in total. The predicted molar refractivity (Wildman–Crippen MR) is 86.0 cm³/mol. The van der Waals surface area contributed by atoms with E-state index in [2.05, 4.69) is 15.1 Å². The first-order valence-electron chi connectivity index (χ1n) is 8.02. The summed E-state index contributed by atoms with van der Waals surface area (Å²) in [5.41, 5.74) is 8.87. The monoisotopic (exact) mass is 314 g/mol. The van der Waals surface area contributed by atoms with Gasteiger partial charge in [0.2, 0.25) is 0 Å². The van der Waals surface area contributed by atoms with Crippen molar-refractivity contribution >= 4 is 5.69 Å². The summed E-state index contributed by atoms with van der Waals surface area (Å²) >= 11 is 0. The Bertz CT molecular complexity index is 731. The van der Waals surface area contributed by atoms with Gasteiger partial charge in [0.25, 0.3) is 0 Å². The summed E-state index contributed by atoms with van der Waals surface area (Å²) in [5, 5.41) is 8.30. The second kappa shape index (κ2) is 5.77. The van der Waals surface area contributed by atoms with Crippen LogP contribution in [0.4, 0.5) is 10.1 Å². The SMILES string of the molecule is NCC1Cc2cc(F)cc(-c3cc(N4CCCC4)cnn3)c2O1. The molecule has 0 bridgehead atoms. The maximum Gasteiger partial charge on any atom is 0.132 e. The molecule has 0 amide bonds. The largest absolute Gasteiger partial charge is 0.488 e. The molecule has 0 aliphatic carbocycles. The Labute approximate surface area is 134 Å². The van der Waals surface area contributed by atoms with E-state index < -0.39 is 0 Å². The molecular formula is C17H19FN4O. The zero-order valence-corrected chi connectivity index (χ0v) is 12.8. The van der Waals surface area contributed by atoms with E-state index >= 15 is 0 Å². The fourth-order valence-electron chi connectivity index (χ4n) is 3.35. The molecule has 120 valence electrons. The topological polar surface area (TPSA) is 64.3 Å². The lowest BCUT2D eigenvalue weighted by Gasteiger charge is -2.17. The van der Waals surface area contributed by atoms with E-state index in [-0.39, 0.29) is 11.9 Å². The normalized spacial score (nSPS) is 19.7. The molecule has 2 aromatic rings. The Morgan fingerprint density at radius 1 is 1.26 bits per heavy atom. The van der Waals surface area contributed by atoms with Gasteiger partial charge in [-0.3, -0.25) is 0 Å². The number of benzene rings is 1. The number of anilines is 1. The Kier molecular flexibility index (Phi) is 3.61. The highest BCUT2D eigenvalue weighted by Gasteiger charge is 2.27. The summed E-state index contributed by atoms with van der Waals surface area (Å²) in [5.74, 6) is 0.406. The molecule has 1 atom stereocenters. The Morgan fingerprint density at radius 3 is 2.87 bits per heavy atom. The standard InChI is InChI=1S/C17H19FN4O/c18-12-5-11-6-14(9-19)23-17(11)15(7-12)16-8-13(10-20-21-16)22-3-1-2-4-22/h5,7-8,10,14H,1-4,6,9,19H2. The molecule has 1 aromatic heterocycles. The van der Waals surface area contributed by atoms with Crippen LogP contribution in [0.1, 0.15) is 18.4 Å². The third-order valence-electron chi connectivity index (χ3n) is 4.51. The summed E-state index contributed by atoms with van der Waals surface area (Å²) in [4.78, 5) is 2.28. The number of nitrogens with zero attached hydrogens (tertiary/aromatic N) is 3. The van der Waals surface area contributed by atoms with E-state index in [4.69, 9.17) is 10.5 Å². The molecule has 2 N–H and O–H groups in total. The molecule has 1 fully saturated rings. The van der Waals surface area contributed by atoms with Gasteiger partial charge < -0.3 is 15.4 Å². The van der Waals surface area contributed by atoms with Crippen LogP contribution in [0.5, 0.6) is 5.75 Å². The lowest BCUT2D eigenvalue weighted by Crippen LogP contribution is -2.24. The van der Waals surface area contributed by atoms with Gasteiger partial charge in [-0.15, -0.1) is 0 Å². The van der Waals surface area contributed by atoms with Gasteiger partial charge in [0.05, 0.1) is 17.6 Å². The molecule has 6 heteroatoms. The van der Waals surface area contributed by atoms with Crippen LogP contribution in [-0.4, -0.2) is 35.9 Å². The first-order valence-corrected chi connectivity index (χ1v) is 8.02. The van der Waals surface area contributed by atoms with Crippen LogP contribution in [0.3, 0.4) is 0 Å². The first kappa shape index (κ1) is 14.4. The second-order valence-corrected chi connectivity index (χ2v) is 6.11. The third-order valence-corrected chi connectivity index (χ3v) is 4.51. The predicted octanol–water partition coefficient (Wildman–Crippen LogP) is 2.15. The molecule has 2 aliphatic rings. The van der Waals surface area contributed by atoms with Crippen molar-refractivity contribution in [1.29, 1.82) is 0 Å². The number of halogens is 1. The average molecular weight is 314 g/mol. The number of hydrogen-bond donors (Lipinski definition) is 1. The van der Waals surface area contributed by atoms with Crippen LogP contribution in [0.25, 0.3) is 11.3 Å². The van der Waals surface area contributed by atoms with Crippen molar-refractivity contribution in [3.63, 3.8) is 0 Å². The van der Waals surface area contributed by atoms with Crippen molar-refractivity contribution in [2.45, 2.75) is 25.4 Å². The lowest BCUT2D eigenvalue weighted by molar-refractivity contribution is 0.242. The summed E-state index contributed by atoms with van der Waals surface area (Å²) in [6.45, 7) is 2.46. The Morgan fingerprint density at radius 2 is 2.09 bits per heavy atom. The third kappa shape index (κ3) is 2.63. The van der Waals surface area contributed by atoms with Gasteiger partial charge in [0.15, 0.2) is 0 Å². The van der Waals surface area contributed by atoms with E-state index in [0.717, 1.165) is 24.3 Å². The number of fused-ring (bicyclic) bond motifs is 1. The summed E-state index contributed by atoms with van der Waals surface area (Å²) in [7, 11) is 0. The zero-order valence-electron chi connectivity index (χ0n) is 12.8. The highest BCUT2D eigenvalue weighted by molar-refractivity contribution is 5.72. The van der Waals surface area contributed by atoms with Gasteiger partial charge in [0, 0.05) is 37.2 Å². The van der Waals surface area contributed by atoms with Crippen LogP contribution in [0.2, 0.25) is 0 Å². The lowest BCUT2D eigenvalue weighted by atomic mass is 10.0. The number of nitrogens with two attached hydrogens (primary N) is 1. The zero-order chi connectivity index (χ0) is 15.8. The van der Waals surface area contributed by atoms with Crippen LogP contribution in [-0.2, 0) is 6.42 Å². The van der Waals surface area contributed by atoms with Gasteiger partial charge >= 0.3 is 0 Å². The molecule has 23 heavy (non-hydrogen) atoms. The molecule has 0 radical (unpaired) electrons. The van der Waals surface area contributed by atoms with Gasteiger partial charge in [-0.25, -0.2) is 4.39 Å². The minimum Gasteiger partial charge on any atom is -0.488 e. The Hall–Kier alpha value is -2.21. The van der Waals surface area contributed by atoms with E-state index in [0.29, 0.717) is 30.0 Å². The fourth-order valence-corrected chi connectivity index (χ4v) is 3.35. The van der Waals surface area contributed by atoms with E-state index in [1.807, 2.05) is 6.07 Å². The second-order valence-electron chi connectivity index (χ2n) is 6.11.